The van der Waals surface area contributed by atoms with E-state index in [0.29, 0.717) is 0 Å². The smallest absolute Gasteiger partial charge is 0.242 e. The third kappa shape index (κ3) is 3.04. The fourth-order valence-electron chi connectivity index (χ4n) is 3.43. The first-order chi connectivity index (χ1) is 13.2. The fourth-order valence-corrected chi connectivity index (χ4v) is 7.39. The molecule has 1 aliphatic rings. The van der Waals surface area contributed by atoms with E-state index in [0.717, 1.165) is 25.2 Å². The first-order valence-corrected chi connectivity index (χ1v) is 12.3. The quantitative estimate of drug-likeness (QED) is 0.306. The Balaban J connectivity index is 1.82. The van der Waals surface area contributed by atoms with Crippen LogP contribution in [0.2, 0.25) is 0 Å². The number of carbonyl (C=O) groups excluding carboxylic acids is 1. The summed E-state index contributed by atoms with van der Waals surface area (Å²) in [5.74, 6) is 0.277. The Morgan fingerprint density at radius 1 is 1.25 bits per heavy atom. The van der Waals surface area contributed by atoms with E-state index in [1.54, 1.807) is 27.0 Å². The number of carbonyl (C=O) groups is 1. The normalized spacial score (nSPS) is 14.7. The summed E-state index contributed by atoms with van der Waals surface area (Å²) >= 11 is 7.04. The molecule has 3 heterocycles. The summed E-state index contributed by atoms with van der Waals surface area (Å²) in [6.45, 7) is 8.63. The molecule has 1 aliphatic heterocycles. The Kier molecular flexibility index (Phi) is 4.97. The highest BCUT2D eigenvalue weighted by atomic mass is 32.9. The third-order valence-corrected chi connectivity index (χ3v) is 9.50. The van der Waals surface area contributed by atoms with Crippen LogP contribution in [0.25, 0.3) is 0 Å². The van der Waals surface area contributed by atoms with E-state index in [4.69, 9.17) is 12.2 Å². The molecule has 0 unspecified atom stereocenters. The average Bonchev–Trinajstić information content (AvgIpc) is 3.22. The summed E-state index contributed by atoms with van der Waals surface area (Å²) in [5, 5.41) is 8.67. The van der Waals surface area contributed by atoms with E-state index < -0.39 is 0 Å². The minimum Gasteiger partial charge on any atom is -0.312 e. The van der Waals surface area contributed by atoms with Gasteiger partial charge in [-0.1, -0.05) is 64.6 Å². The van der Waals surface area contributed by atoms with Crippen LogP contribution in [-0.4, -0.2) is 26.4 Å². The molecule has 0 aliphatic carbocycles. The van der Waals surface area contributed by atoms with Gasteiger partial charge >= 0.3 is 0 Å². The van der Waals surface area contributed by atoms with Gasteiger partial charge in [-0.05, 0) is 36.6 Å². The predicted molar refractivity (Wildman–Crippen MR) is 120 cm³/mol. The third-order valence-electron chi connectivity index (χ3n) is 5.17. The Labute approximate surface area is 180 Å². The lowest BCUT2D eigenvalue weighted by Crippen LogP contribution is -2.37. The minimum atomic E-state index is -0.186. The number of aromatic nitrogens is 3. The van der Waals surface area contributed by atoms with Gasteiger partial charge in [0.2, 0.25) is 5.91 Å². The molecule has 0 bridgehead atoms. The number of hydrogen-bond donors (Lipinski definition) is 0. The molecule has 1 amide bonds. The van der Waals surface area contributed by atoms with Gasteiger partial charge in [0.1, 0.15) is 10.2 Å². The molecule has 0 radical (unpaired) electrons. The van der Waals surface area contributed by atoms with Crippen molar-refractivity contribution in [3.8, 4) is 0 Å². The predicted octanol–water partition coefficient (Wildman–Crippen LogP) is 5.38. The molecular formula is C19H20N4OS4. The van der Waals surface area contributed by atoms with Crippen LogP contribution < -0.4 is 4.90 Å². The average molecular weight is 449 g/mol. The summed E-state index contributed by atoms with van der Waals surface area (Å²) in [6, 6.07) is 4.34. The van der Waals surface area contributed by atoms with E-state index >= 15 is 0 Å². The van der Waals surface area contributed by atoms with Crippen molar-refractivity contribution in [2.24, 2.45) is 7.05 Å². The lowest BCUT2D eigenvalue weighted by atomic mass is 9.77. The fraction of sp³-hybridized carbons (Fsp3) is 0.368. The van der Waals surface area contributed by atoms with E-state index in [2.05, 4.69) is 50.0 Å². The zero-order chi connectivity index (χ0) is 20.2. The van der Waals surface area contributed by atoms with E-state index in [-0.39, 0.29) is 17.1 Å². The van der Waals surface area contributed by atoms with E-state index in [1.165, 1.54) is 28.5 Å². The molecule has 0 fully saturated rings. The number of anilines is 2. The van der Waals surface area contributed by atoms with Crippen molar-refractivity contribution in [1.29, 1.82) is 0 Å². The maximum atomic E-state index is 13.4. The monoisotopic (exact) mass is 448 g/mol. The van der Waals surface area contributed by atoms with Crippen LogP contribution in [0.1, 0.15) is 35.4 Å². The zero-order valence-electron chi connectivity index (χ0n) is 16.3. The number of fused-ring (bicyclic) bond motifs is 2. The molecule has 0 saturated heterocycles. The summed E-state index contributed by atoms with van der Waals surface area (Å²) in [4.78, 5) is 16.4. The van der Waals surface area contributed by atoms with Crippen molar-refractivity contribution in [1.82, 2.24) is 14.8 Å². The van der Waals surface area contributed by atoms with Gasteiger partial charge in [0.15, 0.2) is 5.16 Å². The second kappa shape index (κ2) is 7.05. The molecule has 0 spiro atoms. The number of nitrogens with zero attached hydrogens (tertiary/aromatic N) is 4. The number of rotatable bonds is 3. The lowest BCUT2D eigenvalue weighted by Gasteiger charge is -2.39. The Bertz CT molecular complexity index is 1140. The maximum Gasteiger partial charge on any atom is 0.242 e. The Hall–Kier alpha value is -1.55. The number of thioether (sulfide) groups is 1. The molecule has 5 nitrogen and oxygen atoms in total. The van der Waals surface area contributed by atoms with Gasteiger partial charge in [0, 0.05) is 12.5 Å². The van der Waals surface area contributed by atoms with Crippen LogP contribution in [0, 0.1) is 17.7 Å². The summed E-state index contributed by atoms with van der Waals surface area (Å²) in [6.07, 6.45) is 1.64. The van der Waals surface area contributed by atoms with Gasteiger partial charge in [-0.2, -0.15) is 0 Å². The summed E-state index contributed by atoms with van der Waals surface area (Å²) in [7, 11) is 5.13. The largest absolute Gasteiger partial charge is 0.312 e. The van der Waals surface area contributed by atoms with Crippen LogP contribution >= 0.6 is 44.7 Å². The molecule has 146 valence electrons. The molecular weight excluding hydrogens is 429 g/mol. The minimum absolute atomic E-state index is 0.00551. The molecule has 9 heteroatoms. The highest BCUT2D eigenvalue weighted by Gasteiger charge is 2.41. The number of hydrogen-bond acceptors (Lipinski definition) is 7. The van der Waals surface area contributed by atoms with Crippen molar-refractivity contribution < 1.29 is 4.79 Å². The van der Waals surface area contributed by atoms with Gasteiger partial charge in [0.25, 0.3) is 0 Å². The zero-order valence-corrected chi connectivity index (χ0v) is 19.5. The number of amides is 1. The van der Waals surface area contributed by atoms with Gasteiger partial charge in [-0.3, -0.25) is 9.69 Å². The van der Waals surface area contributed by atoms with Crippen molar-refractivity contribution >= 4 is 61.9 Å². The molecule has 3 aromatic rings. The molecule has 0 atom stereocenters. The van der Waals surface area contributed by atoms with Gasteiger partial charge in [-0.15, -0.1) is 10.2 Å². The highest BCUT2D eigenvalue weighted by molar-refractivity contribution is 7.99. The number of benzene rings is 1. The Morgan fingerprint density at radius 3 is 2.64 bits per heavy atom. The van der Waals surface area contributed by atoms with Crippen LogP contribution in [0.15, 0.2) is 23.6 Å². The summed E-state index contributed by atoms with van der Waals surface area (Å²) < 4.78 is 2.59. The van der Waals surface area contributed by atoms with Crippen molar-refractivity contribution in [3.63, 3.8) is 0 Å². The topological polar surface area (TPSA) is 51.0 Å². The second-order valence-electron chi connectivity index (χ2n) is 7.45. The van der Waals surface area contributed by atoms with E-state index in [9.17, 15) is 4.79 Å². The van der Waals surface area contributed by atoms with Gasteiger partial charge in [0.05, 0.1) is 22.0 Å². The number of aryl methyl sites for hydroxylation is 3. The standard InChI is InChI=1S/C19H20N4OS4/c1-10-6-12-13(7-11(10)2)23(14(24)8-26-18-21-20-9-22(18)5)15-16(19(12,3)4)27-28-17(15)25/h6-7,9H,8H2,1-5H3. The SMILES string of the molecule is Cc1cc2c(cc1C)C(C)(C)c1ssc(=S)c1N2C(=O)CSc1nncn1C. The Morgan fingerprint density at radius 2 is 1.96 bits per heavy atom. The van der Waals surface area contributed by atoms with Gasteiger partial charge in [-0.25, -0.2) is 0 Å². The van der Waals surface area contributed by atoms with Crippen molar-refractivity contribution in [2.45, 2.75) is 38.3 Å². The van der Waals surface area contributed by atoms with Crippen LogP contribution in [0.5, 0.6) is 0 Å². The van der Waals surface area contributed by atoms with Crippen molar-refractivity contribution in [3.05, 3.63) is 43.9 Å². The molecule has 0 N–H and O–H groups in total. The van der Waals surface area contributed by atoms with Crippen LogP contribution in [0.4, 0.5) is 11.4 Å². The first-order valence-electron chi connectivity index (χ1n) is 8.77. The lowest BCUT2D eigenvalue weighted by molar-refractivity contribution is -0.115. The molecule has 2 aromatic heterocycles. The second-order valence-corrected chi connectivity index (χ2v) is 11.2. The summed E-state index contributed by atoms with van der Waals surface area (Å²) in [5.41, 5.74) is 5.21. The highest BCUT2D eigenvalue weighted by Crippen LogP contribution is 2.53. The maximum absolute atomic E-state index is 13.4. The molecule has 4 rings (SSSR count). The molecule has 0 saturated carbocycles. The van der Waals surface area contributed by atoms with Gasteiger partial charge < -0.3 is 4.57 Å². The first kappa shape index (κ1) is 19.8. The van der Waals surface area contributed by atoms with Crippen LogP contribution in [-0.2, 0) is 17.3 Å². The van der Waals surface area contributed by atoms with Crippen molar-refractivity contribution in [2.75, 3.05) is 10.7 Å². The molecule has 1 aromatic carbocycles. The molecule has 28 heavy (non-hydrogen) atoms. The van der Waals surface area contributed by atoms with E-state index in [1.807, 2.05) is 16.5 Å². The van der Waals surface area contributed by atoms with Crippen LogP contribution in [0.3, 0.4) is 0 Å².